The number of hydrogen-bond acceptors (Lipinski definition) is 3. The fourth-order valence-corrected chi connectivity index (χ4v) is 3.69. The molecule has 0 saturated heterocycles. The molecule has 0 aliphatic carbocycles. The van der Waals surface area contributed by atoms with Crippen LogP contribution in [0.2, 0.25) is 0 Å². The van der Waals surface area contributed by atoms with Crippen molar-refractivity contribution in [2.75, 3.05) is 6.54 Å². The lowest BCUT2D eigenvalue weighted by Crippen LogP contribution is -2.47. The number of carbonyl (C=O) groups is 2. The van der Waals surface area contributed by atoms with E-state index in [0.29, 0.717) is 19.4 Å². The number of para-hydroxylation sites is 1. The van der Waals surface area contributed by atoms with Crippen LogP contribution in [0, 0.1) is 5.92 Å². The number of carboxylic acid groups (broad SMARTS) is 1. The van der Waals surface area contributed by atoms with E-state index in [4.69, 9.17) is 0 Å². The van der Waals surface area contributed by atoms with Gasteiger partial charge < -0.3 is 20.1 Å². The first-order chi connectivity index (χ1) is 14.3. The molecule has 0 bridgehead atoms. The number of amides is 1. The zero-order valence-corrected chi connectivity index (χ0v) is 17.3. The third kappa shape index (κ3) is 5.20. The summed E-state index contributed by atoms with van der Waals surface area (Å²) in [6, 6.07) is 13.4. The standard InChI is InChI=1S/C24H28N2O4/c1-16(2)13-23(28)26(12-11-18-15-25-21-6-4-3-5-20(18)21)22(24(29)30)14-17-7-9-19(27)10-8-17/h3-10,15-16,22,25,27H,11-14H2,1-2H3,(H,29,30)/t22-/m1/s1. The van der Waals surface area contributed by atoms with Crippen LogP contribution in [0.3, 0.4) is 0 Å². The predicted octanol–water partition coefficient (Wildman–Crippen LogP) is 3.99. The lowest BCUT2D eigenvalue weighted by atomic mass is 10.0. The number of carboxylic acids is 1. The molecule has 0 aliphatic rings. The smallest absolute Gasteiger partial charge is 0.326 e. The lowest BCUT2D eigenvalue weighted by molar-refractivity contribution is -0.150. The molecule has 1 amide bonds. The van der Waals surface area contributed by atoms with Crippen molar-refractivity contribution in [3.8, 4) is 5.75 Å². The Morgan fingerprint density at radius 1 is 1.07 bits per heavy atom. The normalized spacial score (nSPS) is 12.2. The molecule has 6 nitrogen and oxygen atoms in total. The molecule has 0 saturated carbocycles. The Morgan fingerprint density at radius 3 is 2.43 bits per heavy atom. The maximum Gasteiger partial charge on any atom is 0.326 e. The Balaban J connectivity index is 1.84. The minimum Gasteiger partial charge on any atom is -0.508 e. The number of aromatic hydroxyl groups is 1. The average Bonchev–Trinajstić information content (AvgIpc) is 3.11. The van der Waals surface area contributed by atoms with Crippen LogP contribution in [0.5, 0.6) is 5.75 Å². The van der Waals surface area contributed by atoms with Crippen molar-refractivity contribution in [1.82, 2.24) is 9.88 Å². The molecule has 0 fully saturated rings. The number of aromatic amines is 1. The number of benzene rings is 2. The number of phenols is 1. The highest BCUT2D eigenvalue weighted by Gasteiger charge is 2.30. The highest BCUT2D eigenvalue weighted by Crippen LogP contribution is 2.21. The van der Waals surface area contributed by atoms with Crippen LogP contribution in [0.15, 0.2) is 54.7 Å². The average molecular weight is 408 g/mol. The number of H-pyrrole nitrogens is 1. The topological polar surface area (TPSA) is 93.6 Å². The van der Waals surface area contributed by atoms with Gasteiger partial charge in [-0.1, -0.05) is 44.2 Å². The van der Waals surface area contributed by atoms with Crippen LogP contribution in [0.25, 0.3) is 10.9 Å². The molecular formula is C24H28N2O4. The lowest BCUT2D eigenvalue weighted by Gasteiger charge is -2.30. The van der Waals surface area contributed by atoms with Crippen molar-refractivity contribution in [2.24, 2.45) is 5.92 Å². The summed E-state index contributed by atoms with van der Waals surface area (Å²) in [6.45, 7) is 4.22. The monoisotopic (exact) mass is 408 g/mol. The van der Waals surface area contributed by atoms with Gasteiger partial charge in [0.05, 0.1) is 0 Å². The summed E-state index contributed by atoms with van der Waals surface area (Å²) in [7, 11) is 0. The van der Waals surface area contributed by atoms with E-state index in [1.165, 1.54) is 17.0 Å². The van der Waals surface area contributed by atoms with Gasteiger partial charge in [-0.05, 0) is 41.7 Å². The molecule has 30 heavy (non-hydrogen) atoms. The van der Waals surface area contributed by atoms with E-state index in [1.807, 2.05) is 44.3 Å². The summed E-state index contributed by atoms with van der Waals surface area (Å²) in [5.74, 6) is -0.927. The summed E-state index contributed by atoms with van der Waals surface area (Å²) in [4.78, 5) is 29.8. The van der Waals surface area contributed by atoms with Gasteiger partial charge in [0, 0.05) is 36.5 Å². The zero-order valence-electron chi connectivity index (χ0n) is 17.3. The first-order valence-corrected chi connectivity index (χ1v) is 10.2. The number of nitrogens with one attached hydrogen (secondary N) is 1. The van der Waals surface area contributed by atoms with Crippen molar-refractivity contribution in [3.63, 3.8) is 0 Å². The van der Waals surface area contributed by atoms with E-state index >= 15 is 0 Å². The van der Waals surface area contributed by atoms with E-state index < -0.39 is 12.0 Å². The van der Waals surface area contributed by atoms with Crippen LogP contribution in [0.1, 0.15) is 31.4 Å². The van der Waals surface area contributed by atoms with Crippen molar-refractivity contribution < 1.29 is 19.8 Å². The van der Waals surface area contributed by atoms with Gasteiger partial charge in [0.25, 0.3) is 0 Å². The van der Waals surface area contributed by atoms with Crippen molar-refractivity contribution >= 4 is 22.8 Å². The summed E-state index contributed by atoms with van der Waals surface area (Å²) < 4.78 is 0. The number of nitrogens with zero attached hydrogens (tertiary/aromatic N) is 1. The molecule has 2 aromatic carbocycles. The molecule has 1 heterocycles. The molecule has 0 aliphatic heterocycles. The van der Waals surface area contributed by atoms with Crippen LogP contribution in [-0.4, -0.2) is 44.6 Å². The first kappa shape index (κ1) is 21.4. The molecule has 3 rings (SSSR count). The largest absolute Gasteiger partial charge is 0.508 e. The second-order valence-electron chi connectivity index (χ2n) is 8.02. The van der Waals surface area contributed by atoms with E-state index in [0.717, 1.165) is 22.0 Å². The fourth-order valence-electron chi connectivity index (χ4n) is 3.69. The molecule has 1 aromatic heterocycles. The Bertz CT molecular complexity index is 1010. The maximum atomic E-state index is 13.0. The second-order valence-corrected chi connectivity index (χ2v) is 8.02. The Morgan fingerprint density at radius 2 is 1.77 bits per heavy atom. The zero-order chi connectivity index (χ0) is 21.7. The number of rotatable bonds is 9. The fraction of sp³-hybridized carbons (Fsp3) is 0.333. The third-order valence-corrected chi connectivity index (χ3v) is 5.23. The van der Waals surface area contributed by atoms with Gasteiger partial charge >= 0.3 is 5.97 Å². The highest BCUT2D eigenvalue weighted by atomic mass is 16.4. The van der Waals surface area contributed by atoms with Crippen molar-refractivity contribution in [3.05, 3.63) is 65.9 Å². The van der Waals surface area contributed by atoms with Gasteiger partial charge in [0.15, 0.2) is 0 Å². The Hall–Kier alpha value is -3.28. The number of phenolic OH excluding ortho intramolecular Hbond substituents is 1. The Kier molecular flexibility index (Phi) is 6.77. The highest BCUT2D eigenvalue weighted by molar-refractivity contribution is 5.85. The van der Waals surface area contributed by atoms with Crippen molar-refractivity contribution in [2.45, 2.75) is 39.2 Å². The second kappa shape index (κ2) is 9.48. The van der Waals surface area contributed by atoms with Crippen LogP contribution in [0.4, 0.5) is 0 Å². The number of hydrogen-bond donors (Lipinski definition) is 3. The predicted molar refractivity (Wildman–Crippen MR) is 116 cm³/mol. The van der Waals surface area contributed by atoms with Gasteiger partial charge in [-0.2, -0.15) is 0 Å². The SMILES string of the molecule is CC(C)CC(=O)N(CCc1c[nH]c2ccccc12)[C@H](Cc1ccc(O)cc1)C(=O)O. The molecule has 1 atom stereocenters. The quantitative estimate of drug-likeness (QED) is 0.499. The van der Waals surface area contributed by atoms with E-state index in [2.05, 4.69) is 4.98 Å². The molecule has 3 N–H and O–H groups in total. The molecule has 158 valence electrons. The number of aliphatic carboxylic acids is 1. The van der Waals surface area contributed by atoms with E-state index in [-0.39, 0.29) is 24.0 Å². The maximum absolute atomic E-state index is 13.0. The van der Waals surface area contributed by atoms with Gasteiger partial charge in [-0.25, -0.2) is 4.79 Å². The molecule has 0 unspecified atom stereocenters. The minimum absolute atomic E-state index is 0.123. The van der Waals surface area contributed by atoms with Crippen LogP contribution >= 0.6 is 0 Å². The van der Waals surface area contributed by atoms with Gasteiger partial charge in [0.1, 0.15) is 11.8 Å². The molecule has 0 spiro atoms. The molecular weight excluding hydrogens is 380 g/mol. The third-order valence-electron chi connectivity index (χ3n) is 5.23. The van der Waals surface area contributed by atoms with Crippen LogP contribution in [-0.2, 0) is 22.4 Å². The van der Waals surface area contributed by atoms with Gasteiger partial charge in [-0.15, -0.1) is 0 Å². The minimum atomic E-state index is -1.03. The summed E-state index contributed by atoms with van der Waals surface area (Å²) >= 11 is 0. The summed E-state index contributed by atoms with van der Waals surface area (Å²) in [5, 5.41) is 20.5. The summed E-state index contributed by atoms with van der Waals surface area (Å²) in [6.07, 6.45) is 2.97. The first-order valence-electron chi connectivity index (χ1n) is 10.2. The Labute approximate surface area is 176 Å². The number of aromatic nitrogens is 1. The summed E-state index contributed by atoms with van der Waals surface area (Å²) in [5.41, 5.74) is 2.84. The van der Waals surface area contributed by atoms with E-state index in [9.17, 15) is 19.8 Å². The number of fused-ring (bicyclic) bond motifs is 1. The molecule has 3 aromatic rings. The molecule has 6 heteroatoms. The van der Waals surface area contributed by atoms with Crippen LogP contribution < -0.4 is 0 Å². The van der Waals surface area contributed by atoms with Crippen molar-refractivity contribution in [1.29, 1.82) is 0 Å². The molecule has 0 radical (unpaired) electrons. The van der Waals surface area contributed by atoms with E-state index in [1.54, 1.807) is 12.1 Å². The number of carbonyl (C=O) groups excluding carboxylic acids is 1. The van der Waals surface area contributed by atoms with Gasteiger partial charge in [-0.3, -0.25) is 4.79 Å². The van der Waals surface area contributed by atoms with Gasteiger partial charge in [0.2, 0.25) is 5.91 Å².